The molecular weight excluding hydrogens is 156 g/mol. The highest BCUT2D eigenvalue weighted by molar-refractivity contribution is 5.67. The minimum atomic E-state index is -0.199. The lowest BCUT2D eigenvalue weighted by atomic mass is 10.4. The smallest absolute Gasteiger partial charge is 0.409 e. The van der Waals surface area contributed by atoms with Crippen LogP contribution in [0.4, 0.5) is 4.79 Å². The van der Waals surface area contributed by atoms with Gasteiger partial charge in [-0.2, -0.15) is 0 Å². The largest absolute Gasteiger partial charge is 0.450 e. The fourth-order valence-corrected chi connectivity index (χ4v) is 1.19. The minimum Gasteiger partial charge on any atom is -0.450 e. The topological polar surface area (TPSA) is 43.6 Å². The first-order chi connectivity index (χ1) is 5.84. The van der Waals surface area contributed by atoms with Gasteiger partial charge >= 0.3 is 6.09 Å². The molecule has 4 heteroatoms. The van der Waals surface area contributed by atoms with E-state index in [2.05, 4.69) is 5.32 Å². The van der Waals surface area contributed by atoms with Crippen molar-refractivity contribution in [2.24, 2.45) is 0 Å². The van der Waals surface area contributed by atoms with E-state index in [1.165, 1.54) is 0 Å². The van der Waals surface area contributed by atoms with Crippen molar-refractivity contribution in [3.63, 3.8) is 0 Å². The molecule has 4 nitrogen and oxygen atoms in total. The first kappa shape index (κ1) is 9.32. The van der Waals surface area contributed by atoms with Crippen LogP contribution in [0.15, 0.2) is 0 Å². The van der Waals surface area contributed by atoms with Crippen LogP contribution in [0.2, 0.25) is 0 Å². The normalized spacial score (nSPS) is 18.6. The van der Waals surface area contributed by atoms with Gasteiger partial charge in [-0.3, -0.25) is 0 Å². The van der Waals surface area contributed by atoms with E-state index in [9.17, 15) is 4.79 Å². The maximum absolute atomic E-state index is 11.2. The quantitative estimate of drug-likeness (QED) is 0.575. The van der Waals surface area contributed by atoms with Crippen molar-refractivity contribution in [3.8, 4) is 0 Å². The molecule has 0 unspecified atom stereocenters. The van der Waals surface area contributed by atoms with Gasteiger partial charge in [0.15, 0.2) is 0 Å². The van der Waals surface area contributed by atoms with E-state index in [1.54, 1.807) is 4.90 Å². The fraction of sp³-hybridized carbons (Fsp3) is 0.875. The van der Waals surface area contributed by atoms with Crippen LogP contribution >= 0.6 is 0 Å². The zero-order valence-electron chi connectivity index (χ0n) is 7.45. The summed E-state index contributed by atoms with van der Waals surface area (Å²) < 4.78 is 4.88. The molecule has 0 bridgehead atoms. The Kier molecular flexibility index (Phi) is 3.87. The summed E-state index contributed by atoms with van der Waals surface area (Å²) in [6, 6.07) is 0. The van der Waals surface area contributed by atoms with E-state index < -0.39 is 0 Å². The Morgan fingerprint density at radius 2 is 2.33 bits per heavy atom. The highest BCUT2D eigenvalue weighted by Gasteiger charge is 2.15. The molecule has 0 aromatic rings. The summed E-state index contributed by atoms with van der Waals surface area (Å²) in [5.41, 5.74) is 0. The van der Waals surface area contributed by atoms with Gasteiger partial charge < -0.3 is 9.64 Å². The molecule has 0 atom stereocenters. The SMILES string of the molecule is CCOC(=O)N1CCC[N]CC1. The molecule has 1 aliphatic heterocycles. The van der Waals surface area contributed by atoms with Gasteiger partial charge in [0.05, 0.1) is 6.61 Å². The summed E-state index contributed by atoms with van der Waals surface area (Å²) in [5.74, 6) is 0. The predicted molar refractivity (Wildman–Crippen MR) is 45.1 cm³/mol. The molecule has 0 aromatic heterocycles. The van der Waals surface area contributed by atoms with Crippen LogP contribution in [0.1, 0.15) is 13.3 Å². The molecule has 1 heterocycles. The third kappa shape index (κ3) is 2.70. The highest BCUT2D eigenvalue weighted by atomic mass is 16.6. The van der Waals surface area contributed by atoms with Crippen molar-refractivity contribution in [2.45, 2.75) is 13.3 Å². The molecule has 1 rings (SSSR count). The number of carbonyl (C=O) groups is 1. The molecule has 1 radical (unpaired) electrons. The summed E-state index contributed by atoms with van der Waals surface area (Å²) in [6.07, 6.45) is 0.758. The monoisotopic (exact) mass is 171 g/mol. The van der Waals surface area contributed by atoms with Crippen LogP contribution in [-0.2, 0) is 4.74 Å². The van der Waals surface area contributed by atoms with Gasteiger partial charge in [-0.05, 0) is 13.3 Å². The second kappa shape index (κ2) is 4.98. The Labute approximate surface area is 72.9 Å². The molecule has 0 spiro atoms. The second-order valence-corrected chi connectivity index (χ2v) is 2.71. The number of ether oxygens (including phenoxy) is 1. The van der Waals surface area contributed by atoms with Crippen LogP contribution in [-0.4, -0.2) is 43.8 Å². The molecule has 1 aliphatic rings. The zero-order valence-corrected chi connectivity index (χ0v) is 7.45. The lowest BCUT2D eigenvalue weighted by molar-refractivity contribution is 0.109. The molecule has 0 N–H and O–H groups in total. The molecule has 0 aromatic carbocycles. The van der Waals surface area contributed by atoms with Crippen molar-refractivity contribution in [1.82, 2.24) is 10.2 Å². The van der Waals surface area contributed by atoms with E-state index in [0.717, 1.165) is 26.1 Å². The van der Waals surface area contributed by atoms with Crippen LogP contribution in [0.25, 0.3) is 0 Å². The van der Waals surface area contributed by atoms with Gasteiger partial charge in [0.1, 0.15) is 0 Å². The third-order valence-electron chi connectivity index (χ3n) is 1.80. The first-order valence-electron chi connectivity index (χ1n) is 4.39. The van der Waals surface area contributed by atoms with Gasteiger partial charge in [-0.25, -0.2) is 10.1 Å². The molecule has 1 amide bonds. The zero-order chi connectivity index (χ0) is 8.81. The number of rotatable bonds is 1. The Hall–Kier alpha value is -0.770. The highest BCUT2D eigenvalue weighted by Crippen LogP contribution is 1.98. The molecule has 1 fully saturated rings. The fourth-order valence-electron chi connectivity index (χ4n) is 1.19. The molecule has 0 aliphatic carbocycles. The predicted octanol–water partition coefficient (Wildman–Crippen LogP) is 0.453. The average Bonchev–Trinajstić information content (AvgIpc) is 2.32. The van der Waals surface area contributed by atoms with Crippen LogP contribution in [0, 0.1) is 0 Å². The maximum atomic E-state index is 11.2. The van der Waals surface area contributed by atoms with Crippen LogP contribution < -0.4 is 5.32 Å². The van der Waals surface area contributed by atoms with Crippen LogP contribution in [0.5, 0.6) is 0 Å². The first-order valence-corrected chi connectivity index (χ1v) is 4.39. The van der Waals surface area contributed by atoms with Gasteiger partial charge in [-0.15, -0.1) is 0 Å². The number of carbonyl (C=O) groups excluding carboxylic acids is 1. The summed E-state index contributed by atoms with van der Waals surface area (Å²) >= 11 is 0. The van der Waals surface area contributed by atoms with E-state index in [0.29, 0.717) is 13.2 Å². The van der Waals surface area contributed by atoms with Crippen LogP contribution in [0.3, 0.4) is 0 Å². The van der Waals surface area contributed by atoms with E-state index in [4.69, 9.17) is 4.74 Å². The summed E-state index contributed by atoms with van der Waals surface area (Å²) in [5, 5.41) is 4.21. The Balaban J connectivity index is 2.32. The van der Waals surface area contributed by atoms with Crippen molar-refractivity contribution in [3.05, 3.63) is 0 Å². The Morgan fingerprint density at radius 3 is 3.08 bits per heavy atom. The number of nitrogens with zero attached hydrogens (tertiary/aromatic N) is 2. The number of amides is 1. The number of hydrogen-bond donors (Lipinski definition) is 0. The van der Waals surface area contributed by atoms with Crippen molar-refractivity contribution in [1.29, 1.82) is 0 Å². The molecule has 0 saturated carbocycles. The average molecular weight is 171 g/mol. The lowest BCUT2D eigenvalue weighted by Crippen LogP contribution is -2.34. The van der Waals surface area contributed by atoms with Gasteiger partial charge in [0.2, 0.25) is 0 Å². The molecule has 12 heavy (non-hydrogen) atoms. The van der Waals surface area contributed by atoms with Gasteiger partial charge in [-0.1, -0.05) is 0 Å². The summed E-state index contributed by atoms with van der Waals surface area (Å²) in [7, 11) is 0. The summed E-state index contributed by atoms with van der Waals surface area (Å²) in [6.45, 7) is 5.38. The third-order valence-corrected chi connectivity index (χ3v) is 1.80. The molecule has 69 valence electrons. The van der Waals surface area contributed by atoms with E-state index >= 15 is 0 Å². The van der Waals surface area contributed by atoms with Gasteiger partial charge in [0.25, 0.3) is 0 Å². The standard InChI is InChI=1S/C8H15N2O2/c1-2-12-8(11)10-6-3-4-9-5-7-10/h2-7H2,1H3. The van der Waals surface area contributed by atoms with Gasteiger partial charge in [0, 0.05) is 26.2 Å². The number of hydrogen-bond acceptors (Lipinski definition) is 2. The molecular formula is C8H15N2O2. The molecule has 1 saturated heterocycles. The Bertz CT molecular complexity index is 142. The second-order valence-electron chi connectivity index (χ2n) is 2.71. The summed E-state index contributed by atoms with van der Waals surface area (Å²) in [4.78, 5) is 12.9. The lowest BCUT2D eigenvalue weighted by Gasteiger charge is -2.18. The van der Waals surface area contributed by atoms with Crippen molar-refractivity contribution in [2.75, 3.05) is 32.8 Å². The minimum absolute atomic E-state index is 0.199. The van der Waals surface area contributed by atoms with E-state index in [-0.39, 0.29) is 6.09 Å². The van der Waals surface area contributed by atoms with Crippen molar-refractivity contribution < 1.29 is 9.53 Å². The van der Waals surface area contributed by atoms with E-state index in [1.807, 2.05) is 6.92 Å². The Morgan fingerprint density at radius 1 is 1.50 bits per heavy atom. The van der Waals surface area contributed by atoms with Crippen molar-refractivity contribution >= 4 is 6.09 Å². The maximum Gasteiger partial charge on any atom is 0.409 e.